The van der Waals surface area contributed by atoms with Gasteiger partial charge in [-0.05, 0) is 23.7 Å². The van der Waals surface area contributed by atoms with Crippen LogP contribution in [0.4, 0.5) is 8.78 Å². The minimum Gasteiger partial charge on any atom is -0.233 e. The number of aromatic nitrogens is 1. The Labute approximate surface area is 87.6 Å². The fourth-order valence-corrected chi connectivity index (χ4v) is 2.09. The molecule has 0 atom stereocenters. The van der Waals surface area contributed by atoms with Gasteiger partial charge in [0, 0.05) is 0 Å². The summed E-state index contributed by atoms with van der Waals surface area (Å²) in [6.45, 7) is 0. The average Bonchev–Trinajstić information content (AvgIpc) is 2.59. The lowest BCUT2D eigenvalue weighted by Gasteiger charge is -1.86. The van der Waals surface area contributed by atoms with Crippen LogP contribution in [0, 0.1) is 0 Å². The molecule has 0 N–H and O–H groups in total. The van der Waals surface area contributed by atoms with E-state index in [2.05, 4.69) is 4.98 Å². The molecule has 2 rings (SSSR count). The van der Waals surface area contributed by atoms with Crippen molar-refractivity contribution in [2.24, 2.45) is 0 Å². The van der Waals surface area contributed by atoms with Gasteiger partial charge in [-0.1, -0.05) is 12.1 Å². The Morgan fingerprint density at radius 1 is 1.29 bits per heavy atom. The van der Waals surface area contributed by atoms with Gasteiger partial charge in [0.05, 0.1) is 10.2 Å². The Kier molecular flexibility index (Phi) is 2.48. The third-order valence-electron chi connectivity index (χ3n) is 1.65. The maximum absolute atomic E-state index is 13.0. The van der Waals surface area contributed by atoms with Crippen LogP contribution in [0.5, 0.6) is 0 Å². The minimum absolute atomic E-state index is 0.0290. The van der Waals surface area contributed by atoms with Crippen LogP contribution in [-0.4, -0.2) is 4.98 Å². The van der Waals surface area contributed by atoms with Crippen molar-refractivity contribution >= 4 is 39.0 Å². The van der Waals surface area contributed by atoms with Gasteiger partial charge in [0.25, 0.3) is 0 Å². The summed E-state index contributed by atoms with van der Waals surface area (Å²) in [7, 11) is 0. The molecule has 0 saturated carbocycles. The van der Waals surface area contributed by atoms with Crippen LogP contribution in [0.2, 0.25) is 0 Å². The highest BCUT2D eigenvalue weighted by Gasteiger charge is 2.12. The van der Waals surface area contributed by atoms with Gasteiger partial charge >= 0.3 is 0 Å². The molecule has 0 aliphatic carbocycles. The molecular weight excluding hydrogens is 228 g/mol. The van der Waals surface area contributed by atoms with Gasteiger partial charge < -0.3 is 0 Å². The number of halogens is 3. The molecule has 1 nitrogen and oxygen atoms in total. The molecule has 1 aromatic carbocycles. The van der Waals surface area contributed by atoms with Crippen LogP contribution in [0.15, 0.2) is 29.6 Å². The Bertz CT molecular complexity index is 469. The first-order valence-electron chi connectivity index (χ1n) is 3.75. The monoisotopic (exact) mass is 231 g/mol. The second-order valence-electron chi connectivity index (χ2n) is 2.56. The molecule has 0 saturated heterocycles. The summed E-state index contributed by atoms with van der Waals surface area (Å²) in [6, 6.07) is 7.11. The van der Waals surface area contributed by atoms with Gasteiger partial charge in [-0.25, -0.2) is 4.98 Å². The normalized spacial score (nSPS) is 13.1. The highest BCUT2D eigenvalue weighted by molar-refractivity contribution is 7.19. The Balaban J connectivity index is 2.61. The molecule has 1 heterocycles. The predicted octanol–water partition coefficient (Wildman–Crippen LogP) is 4.10. The van der Waals surface area contributed by atoms with Crippen molar-refractivity contribution in [3.05, 3.63) is 34.6 Å². The summed E-state index contributed by atoms with van der Waals surface area (Å²) in [5.41, 5.74) is 0.639. The van der Waals surface area contributed by atoms with Crippen molar-refractivity contribution in [1.82, 2.24) is 4.98 Å². The van der Waals surface area contributed by atoms with Crippen LogP contribution in [0.3, 0.4) is 0 Å². The van der Waals surface area contributed by atoms with E-state index in [1.54, 1.807) is 18.2 Å². The molecule has 0 bridgehead atoms. The Hall–Kier alpha value is -1.00. The first kappa shape index (κ1) is 9.55. The number of hydrogen-bond acceptors (Lipinski definition) is 2. The fourth-order valence-electron chi connectivity index (χ4n) is 1.05. The fraction of sp³-hybridized carbons (Fsp3) is 0. The highest BCUT2D eigenvalue weighted by atomic mass is 35.5. The predicted molar refractivity (Wildman–Crippen MR) is 54.6 cm³/mol. The quantitative estimate of drug-likeness (QED) is 0.720. The van der Waals surface area contributed by atoms with E-state index in [4.69, 9.17) is 11.6 Å². The molecule has 1 aromatic heterocycles. The van der Waals surface area contributed by atoms with E-state index in [-0.39, 0.29) is 5.01 Å². The van der Waals surface area contributed by atoms with E-state index in [9.17, 15) is 8.78 Å². The zero-order chi connectivity index (χ0) is 10.1. The van der Waals surface area contributed by atoms with Gasteiger partial charge in [-0.15, -0.1) is 11.3 Å². The summed E-state index contributed by atoms with van der Waals surface area (Å²) < 4.78 is 26.2. The Morgan fingerprint density at radius 2 is 2.00 bits per heavy atom. The van der Waals surface area contributed by atoms with E-state index in [1.165, 1.54) is 0 Å². The highest BCUT2D eigenvalue weighted by Crippen LogP contribution is 2.30. The van der Waals surface area contributed by atoms with Crippen molar-refractivity contribution in [3.8, 4) is 0 Å². The second kappa shape index (κ2) is 3.63. The van der Waals surface area contributed by atoms with E-state index < -0.39 is 11.1 Å². The van der Waals surface area contributed by atoms with Crippen LogP contribution in [-0.2, 0) is 0 Å². The third kappa shape index (κ3) is 1.63. The van der Waals surface area contributed by atoms with Crippen molar-refractivity contribution < 1.29 is 8.78 Å². The lowest BCUT2D eigenvalue weighted by Crippen LogP contribution is -1.75. The number of nitrogens with zero attached hydrogens (tertiary/aromatic N) is 1. The molecule has 0 spiro atoms. The van der Waals surface area contributed by atoms with E-state index >= 15 is 0 Å². The molecule has 0 aliphatic rings. The van der Waals surface area contributed by atoms with Crippen molar-refractivity contribution in [2.45, 2.75) is 0 Å². The average molecular weight is 232 g/mol. The molecule has 0 unspecified atom stereocenters. The SMILES string of the molecule is F/C(Cl)=C(\F)c1nc2ccccc2s1. The van der Waals surface area contributed by atoms with Gasteiger partial charge in [0.15, 0.2) is 5.01 Å². The van der Waals surface area contributed by atoms with Crippen LogP contribution in [0.1, 0.15) is 5.01 Å². The van der Waals surface area contributed by atoms with E-state index in [0.717, 1.165) is 16.0 Å². The molecule has 0 fully saturated rings. The second-order valence-corrected chi connectivity index (χ2v) is 3.92. The molecule has 72 valence electrons. The number of thiazole rings is 1. The lowest BCUT2D eigenvalue weighted by atomic mass is 10.3. The third-order valence-corrected chi connectivity index (χ3v) is 2.84. The summed E-state index contributed by atoms with van der Waals surface area (Å²) >= 11 is 5.96. The minimum atomic E-state index is -1.36. The molecule has 0 aliphatic heterocycles. The van der Waals surface area contributed by atoms with Gasteiger partial charge in [0.1, 0.15) is 0 Å². The molecule has 14 heavy (non-hydrogen) atoms. The number of para-hydroxylation sites is 1. The topological polar surface area (TPSA) is 12.9 Å². The number of rotatable bonds is 1. The van der Waals surface area contributed by atoms with Crippen LogP contribution >= 0.6 is 22.9 Å². The standard InChI is InChI=1S/C9H4ClF2NS/c10-8(12)7(11)9-13-5-3-1-2-4-6(5)14-9/h1-4H/b8-7-. The molecular formula is C9H4ClF2NS. The number of fused-ring (bicyclic) bond motifs is 1. The summed E-state index contributed by atoms with van der Waals surface area (Å²) in [5, 5.41) is -1.39. The Morgan fingerprint density at radius 3 is 2.64 bits per heavy atom. The first-order valence-corrected chi connectivity index (χ1v) is 4.94. The van der Waals surface area contributed by atoms with E-state index in [1.807, 2.05) is 6.07 Å². The largest absolute Gasteiger partial charge is 0.233 e. The zero-order valence-electron chi connectivity index (χ0n) is 6.80. The summed E-state index contributed by atoms with van der Waals surface area (Å²) in [4.78, 5) is 3.90. The maximum atomic E-state index is 13.0. The maximum Gasteiger partial charge on any atom is 0.228 e. The van der Waals surface area contributed by atoms with Gasteiger partial charge in [-0.3, -0.25) is 0 Å². The van der Waals surface area contributed by atoms with Crippen LogP contribution in [0.25, 0.3) is 16.0 Å². The van der Waals surface area contributed by atoms with Crippen molar-refractivity contribution in [2.75, 3.05) is 0 Å². The molecule has 5 heteroatoms. The van der Waals surface area contributed by atoms with Crippen molar-refractivity contribution in [3.63, 3.8) is 0 Å². The smallest absolute Gasteiger partial charge is 0.228 e. The van der Waals surface area contributed by atoms with Gasteiger partial charge in [-0.2, -0.15) is 8.78 Å². The molecule has 2 aromatic rings. The van der Waals surface area contributed by atoms with Gasteiger partial charge in [0.2, 0.25) is 11.1 Å². The summed E-state index contributed by atoms with van der Waals surface area (Å²) in [6.07, 6.45) is 0. The van der Waals surface area contributed by atoms with Crippen molar-refractivity contribution in [1.29, 1.82) is 0 Å². The summed E-state index contributed by atoms with van der Waals surface area (Å²) in [5.74, 6) is -1.10. The number of benzene rings is 1. The lowest BCUT2D eigenvalue weighted by molar-refractivity contribution is 0.650. The molecule has 0 amide bonds. The van der Waals surface area contributed by atoms with E-state index in [0.29, 0.717) is 5.52 Å². The first-order chi connectivity index (χ1) is 6.68. The molecule has 0 radical (unpaired) electrons. The number of hydrogen-bond donors (Lipinski definition) is 0. The van der Waals surface area contributed by atoms with Crippen LogP contribution < -0.4 is 0 Å². The zero-order valence-corrected chi connectivity index (χ0v) is 8.37.